The normalized spacial score (nSPS) is 18.2. The lowest BCUT2D eigenvalue weighted by Crippen LogP contribution is -2.37. The first-order chi connectivity index (χ1) is 13.4. The number of rotatable bonds is 1. The van der Waals surface area contributed by atoms with Crippen molar-refractivity contribution in [3.8, 4) is 11.1 Å². The van der Waals surface area contributed by atoms with E-state index in [0.717, 1.165) is 44.5 Å². The average Bonchev–Trinajstić information content (AvgIpc) is 3.02. The predicted octanol–water partition coefficient (Wildman–Crippen LogP) is 7.91. The first-order valence-electron chi connectivity index (χ1n) is 9.87. The average molecular weight is 390 g/mol. The Hall–Kier alpha value is -2.45. The molecule has 0 saturated carbocycles. The molecule has 1 unspecified atom stereocenters. The fraction of sp³-hybridized carbons (Fsp3) is 0.280. The van der Waals surface area contributed by atoms with Gasteiger partial charge in [0.2, 0.25) is 0 Å². The van der Waals surface area contributed by atoms with E-state index in [0.29, 0.717) is 5.92 Å². The summed E-state index contributed by atoms with van der Waals surface area (Å²) in [6, 6.07) is 16.7. The van der Waals surface area contributed by atoms with Gasteiger partial charge in [-0.1, -0.05) is 54.9 Å². The van der Waals surface area contributed by atoms with Gasteiger partial charge in [0.1, 0.15) is 11.2 Å². The van der Waals surface area contributed by atoms with Crippen molar-refractivity contribution in [2.24, 2.45) is 0 Å². The number of nitrogens with one attached hydrogen (secondary N) is 1. The Kier molecular flexibility index (Phi) is 3.79. The van der Waals surface area contributed by atoms with Crippen LogP contribution in [0.2, 0.25) is 5.02 Å². The van der Waals surface area contributed by atoms with Crippen molar-refractivity contribution in [1.82, 2.24) is 0 Å². The Balaban J connectivity index is 1.80. The van der Waals surface area contributed by atoms with Gasteiger partial charge in [0.15, 0.2) is 0 Å². The van der Waals surface area contributed by atoms with Crippen molar-refractivity contribution in [2.75, 3.05) is 5.32 Å². The lowest BCUT2D eigenvalue weighted by molar-refractivity contribution is 0.454. The van der Waals surface area contributed by atoms with Gasteiger partial charge in [-0.3, -0.25) is 0 Å². The predicted molar refractivity (Wildman–Crippen MR) is 120 cm³/mol. The molecule has 2 nitrogen and oxygen atoms in total. The van der Waals surface area contributed by atoms with Crippen molar-refractivity contribution >= 4 is 39.2 Å². The number of hydrogen-bond donors (Lipinski definition) is 1. The zero-order valence-corrected chi connectivity index (χ0v) is 17.4. The Bertz CT molecular complexity index is 1230. The van der Waals surface area contributed by atoms with Crippen LogP contribution in [0.25, 0.3) is 33.1 Å². The molecule has 3 heteroatoms. The molecule has 0 fully saturated rings. The highest BCUT2D eigenvalue weighted by Crippen LogP contribution is 2.48. The summed E-state index contributed by atoms with van der Waals surface area (Å²) < 4.78 is 6.26. The molecule has 0 bridgehead atoms. The molecule has 1 N–H and O–H groups in total. The zero-order valence-electron chi connectivity index (χ0n) is 16.7. The van der Waals surface area contributed by atoms with E-state index in [4.69, 9.17) is 16.0 Å². The SMILES string of the molecule is Cc1cc(-c2cccc3c2oc2ccccc23)c(Cl)c2c1NC(C)(C)CC2C. The van der Waals surface area contributed by atoms with Gasteiger partial charge >= 0.3 is 0 Å². The molecule has 1 aliphatic heterocycles. The minimum absolute atomic E-state index is 0.0702. The third-order valence-corrected chi connectivity index (χ3v) is 6.37. The third kappa shape index (κ3) is 2.55. The highest BCUT2D eigenvalue weighted by molar-refractivity contribution is 6.35. The second-order valence-corrected chi connectivity index (χ2v) is 9.12. The quantitative estimate of drug-likeness (QED) is 0.357. The second kappa shape index (κ2) is 6.02. The summed E-state index contributed by atoms with van der Waals surface area (Å²) >= 11 is 7.04. The Morgan fingerprint density at radius 2 is 1.79 bits per heavy atom. The Morgan fingerprint density at radius 3 is 2.61 bits per heavy atom. The fourth-order valence-electron chi connectivity index (χ4n) is 4.86. The summed E-state index contributed by atoms with van der Waals surface area (Å²) in [6.45, 7) is 8.95. The fourth-order valence-corrected chi connectivity index (χ4v) is 5.30. The second-order valence-electron chi connectivity index (χ2n) is 8.74. The monoisotopic (exact) mass is 389 g/mol. The van der Waals surface area contributed by atoms with E-state index in [-0.39, 0.29) is 5.54 Å². The van der Waals surface area contributed by atoms with E-state index in [1.165, 1.54) is 16.8 Å². The molecule has 0 aliphatic carbocycles. The van der Waals surface area contributed by atoms with Crippen LogP contribution in [0.1, 0.15) is 44.2 Å². The molecular weight excluding hydrogens is 366 g/mol. The van der Waals surface area contributed by atoms with Gasteiger partial charge in [0.25, 0.3) is 0 Å². The van der Waals surface area contributed by atoms with E-state index in [2.05, 4.69) is 69.4 Å². The summed E-state index contributed by atoms with van der Waals surface area (Å²) in [4.78, 5) is 0. The highest BCUT2D eigenvalue weighted by Gasteiger charge is 2.33. The van der Waals surface area contributed by atoms with Gasteiger partial charge in [0.05, 0.1) is 5.02 Å². The number of halogens is 1. The molecule has 28 heavy (non-hydrogen) atoms. The van der Waals surface area contributed by atoms with Gasteiger partial charge in [0, 0.05) is 33.1 Å². The molecule has 3 aromatic carbocycles. The van der Waals surface area contributed by atoms with E-state index in [1.54, 1.807) is 0 Å². The Labute approximate surface area is 170 Å². The maximum atomic E-state index is 7.04. The molecule has 1 aliphatic rings. The van der Waals surface area contributed by atoms with Gasteiger partial charge in [-0.2, -0.15) is 0 Å². The number of furan rings is 1. The first kappa shape index (κ1) is 17.6. The number of anilines is 1. The van der Waals surface area contributed by atoms with Gasteiger partial charge in [-0.05, 0) is 56.4 Å². The highest BCUT2D eigenvalue weighted by atomic mass is 35.5. The van der Waals surface area contributed by atoms with Crippen LogP contribution in [0.3, 0.4) is 0 Å². The van der Waals surface area contributed by atoms with Crippen LogP contribution in [0.15, 0.2) is 52.9 Å². The van der Waals surface area contributed by atoms with E-state index in [9.17, 15) is 0 Å². The van der Waals surface area contributed by atoms with Crippen LogP contribution in [-0.4, -0.2) is 5.54 Å². The topological polar surface area (TPSA) is 25.2 Å². The lowest BCUT2D eigenvalue weighted by Gasteiger charge is -2.39. The minimum atomic E-state index is 0.0702. The summed E-state index contributed by atoms with van der Waals surface area (Å²) in [7, 11) is 0. The van der Waals surface area contributed by atoms with Crippen molar-refractivity contribution in [2.45, 2.75) is 45.6 Å². The van der Waals surface area contributed by atoms with Crippen LogP contribution in [0, 0.1) is 6.92 Å². The largest absolute Gasteiger partial charge is 0.455 e. The summed E-state index contributed by atoms with van der Waals surface area (Å²) in [5.41, 5.74) is 7.63. The smallest absolute Gasteiger partial charge is 0.143 e. The molecule has 2 heterocycles. The molecule has 0 saturated heterocycles. The molecule has 0 amide bonds. The van der Waals surface area contributed by atoms with Gasteiger partial charge in [-0.15, -0.1) is 0 Å². The standard InChI is InChI=1S/C25H24ClNO/c1-14-12-19(22(26)21-15(2)13-25(3,4)27-23(14)21)18-10-7-9-17-16-8-5-6-11-20(16)28-24(17)18/h5-12,15,27H,13H2,1-4H3. The third-order valence-electron chi connectivity index (χ3n) is 5.96. The first-order valence-corrected chi connectivity index (χ1v) is 10.3. The van der Waals surface area contributed by atoms with Crippen molar-refractivity contribution in [3.05, 3.63) is 64.7 Å². The van der Waals surface area contributed by atoms with E-state index in [1.807, 2.05) is 12.1 Å². The molecule has 0 radical (unpaired) electrons. The Morgan fingerprint density at radius 1 is 1.04 bits per heavy atom. The number of hydrogen-bond acceptors (Lipinski definition) is 2. The molecular formula is C25H24ClNO. The van der Waals surface area contributed by atoms with Crippen LogP contribution in [0.4, 0.5) is 5.69 Å². The van der Waals surface area contributed by atoms with Gasteiger partial charge in [-0.25, -0.2) is 0 Å². The summed E-state index contributed by atoms with van der Waals surface area (Å²) in [6.07, 6.45) is 1.05. The molecule has 0 spiro atoms. The number of fused-ring (bicyclic) bond motifs is 4. The number of aryl methyl sites for hydroxylation is 1. The maximum absolute atomic E-state index is 7.04. The molecule has 1 aromatic heterocycles. The van der Waals surface area contributed by atoms with E-state index >= 15 is 0 Å². The van der Waals surface area contributed by atoms with Crippen molar-refractivity contribution < 1.29 is 4.42 Å². The molecule has 1 atom stereocenters. The van der Waals surface area contributed by atoms with Crippen LogP contribution in [0.5, 0.6) is 0 Å². The zero-order chi connectivity index (χ0) is 19.6. The minimum Gasteiger partial charge on any atom is -0.455 e. The van der Waals surface area contributed by atoms with Crippen molar-refractivity contribution in [1.29, 1.82) is 0 Å². The number of benzene rings is 3. The summed E-state index contributed by atoms with van der Waals surface area (Å²) in [5.74, 6) is 0.396. The van der Waals surface area contributed by atoms with Crippen LogP contribution >= 0.6 is 11.6 Å². The molecule has 5 rings (SSSR count). The van der Waals surface area contributed by atoms with Gasteiger partial charge < -0.3 is 9.73 Å². The lowest BCUT2D eigenvalue weighted by atomic mass is 9.79. The van der Waals surface area contributed by atoms with E-state index < -0.39 is 0 Å². The van der Waals surface area contributed by atoms with Crippen molar-refractivity contribution in [3.63, 3.8) is 0 Å². The molecule has 4 aromatic rings. The molecule has 142 valence electrons. The maximum Gasteiger partial charge on any atom is 0.143 e. The van der Waals surface area contributed by atoms with Crippen LogP contribution in [-0.2, 0) is 0 Å². The summed E-state index contributed by atoms with van der Waals surface area (Å²) in [5, 5.41) is 6.81. The number of para-hydroxylation sites is 2. The van der Waals surface area contributed by atoms with Crippen LogP contribution < -0.4 is 5.32 Å².